The van der Waals surface area contributed by atoms with Crippen molar-refractivity contribution in [3.63, 3.8) is 0 Å². The van der Waals surface area contributed by atoms with Gasteiger partial charge >= 0.3 is 5.97 Å². The highest BCUT2D eigenvalue weighted by Gasteiger charge is 2.16. The quantitative estimate of drug-likeness (QED) is 0.518. The predicted octanol–water partition coefficient (Wildman–Crippen LogP) is 2.38. The number of hydrogen-bond acceptors (Lipinski definition) is 5. The number of thioether (sulfide) groups is 1. The van der Waals surface area contributed by atoms with E-state index in [1.54, 1.807) is 14.0 Å². The third-order valence-corrected chi connectivity index (χ3v) is 4.44. The van der Waals surface area contributed by atoms with Gasteiger partial charge in [-0.1, -0.05) is 28.1 Å². The number of hydrogen-bond donors (Lipinski definition) is 1. The lowest BCUT2D eigenvalue weighted by atomic mass is 10.2. The molecule has 0 heterocycles. The highest BCUT2D eigenvalue weighted by molar-refractivity contribution is 9.10. The lowest BCUT2D eigenvalue weighted by molar-refractivity contribution is -0.147. The molecule has 0 aliphatic rings. The molecule has 5 nitrogen and oxygen atoms in total. The standard InChI is InChI=1S/C15H20BrNO4S/c1-11(22-10-12-3-5-13(16)6-4-12)15(19)21-9-14(18)17-7-8-20-2/h3-6,11H,7-10H2,1-2H3,(H,17,18)/t11-/m1/s1. The Labute approximate surface area is 143 Å². The van der Waals surface area contributed by atoms with Crippen LogP contribution in [-0.4, -0.2) is 44.0 Å². The van der Waals surface area contributed by atoms with Crippen LogP contribution >= 0.6 is 27.7 Å². The van der Waals surface area contributed by atoms with Crippen LogP contribution in [-0.2, 0) is 24.8 Å². The Kier molecular flexibility index (Phi) is 9.19. The zero-order chi connectivity index (χ0) is 16.4. The molecule has 1 amide bonds. The van der Waals surface area contributed by atoms with E-state index in [9.17, 15) is 9.59 Å². The number of amides is 1. The highest BCUT2D eigenvalue weighted by atomic mass is 79.9. The van der Waals surface area contributed by atoms with E-state index in [1.165, 1.54) is 11.8 Å². The summed E-state index contributed by atoms with van der Waals surface area (Å²) in [6.07, 6.45) is 0. The van der Waals surface area contributed by atoms with Gasteiger partial charge in [0.15, 0.2) is 6.61 Å². The second-order valence-electron chi connectivity index (χ2n) is 4.53. The number of benzene rings is 1. The van der Waals surface area contributed by atoms with Gasteiger partial charge in [-0.2, -0.15) is 0 Å². The minimum absolute atomic E-state index is 0.258. The van der Waals surface area contributed by atoms with Crippen molar-refractivity contribution < 1.29 is 19.1 Å². The molecule has 7 heteroatoms. The van der Waals surface area contributed by atoms with Crippen LogP contribution in [0.1, 0.15) is 12.5 Å². The van der Waals surface area contributed by atoms with Crippen LogP contribution in [0.15, 0.2) is 28.7 Å². The third kappa shape index (κ3) is 7.82. The molecule has 0 bridgehead atoms. The number of carbonyl (C=O) groups is 2. The second-order valence-corrected chi connectivity index (χ2v) is 6.77. The van der Waals surface area contributed by atoms with E-state index in [0.29, 0.717) is 18.9 Å². The summed E-state index contributed by atoms with van der Waals surface area (Å²) in [5.41, 5.74) is 1.13. The molecule has 1 aromatic carbocycles. The fourth-order valence-electron chi connectivity index (χ4n) is 1.47. The zero-order valence-corrected chi connectivity index (χ0v) is 15.0. The molecule has 1 atom stereocenters. The fraction of sp³-hybridized carbons (Fsp3) is 0.467. The maximum atomic E-state index is 11.8. The summed E-state index contributed by atoms with van der Waals surface area (Å²) in [7, 11) is 1.55. The Balaban J connectivity index is 2.24. The molecule has 0 aliphatic carbocycles. The molecule has 1 aromatic rings. The molecule has 1 rings (SSSR count). The number of nitrogens with one attached hydrogen (secondary N) is 1. The van der Waals surface area contributed by atoms with E-state index in [2.05, 4.69) is 21.2 Å². The van der Waals surface area contributed by atoms with Crippen LogP contribution in [0, 0.1) is 0 Å². The minimum atomic E-state index is -0.385. The second kappa shape index (κ2) is 10.6. The van der Waals surface area contributed by atoms with Crippen molar-refractivity contribution in [2.75, 3.05) is 26.9 Å². The van der Waals surface area contributed by atoms with Gasteiger partial charge in [0, 0.05) is 23.9 Å². The van der Waals surface area contributed by atoms with E-state index in [-0.39, 0.29) is 23.7 Å². The molecule has 0 radical (unpaired) electrons. The Morgan fingerprint density at radius 2 is 2.00 bits per heavy atom. The van der Waals surface area contributed by atoms with Crippen molar-refractivity contribution in [2.45, 2.75) is 17.9 Å². The van der Waals surface area contributed by atoms with Gasteiger partial charge in [-0.3, -0.25) is 9.59 Å². The van der Waals surface area contributed by atoms with Crippen LogP contribution in [0.4, 0.5) is 0 Å². The van der Waals surface area contributed by atoms with Gasteiger partial charge in [0.1, 0.15) is 0 Å². The third-order valence-electron chi connectivity index (χ3n) is 2.72. The summed E-state index contributed by atoms with van der Waals surface area (Å²) in [6.45, 7) is 2.35. The topological polar surface area (TPSA) is 64.6 Å². The van der Waals surface area contributed by atoms with Crippen molar-refractivity contribution in [1.29, 1.82) is 0 Å². The van der Waals surface area contributed by atoms with Gasteiger partial charge < -0.3 is 14.8 Å². The smallest absolute Gasteiger partial charge is 0.319 e. The van der Waals surface area contributed by atoms with Crippen molar-refractivity contribution in [3.8, 4) is 0 Å². The Morgan fingerprint density at radius 3 is 2.64 bits per heavy atom. The number of ether oxygens (including phenoxy) is 2. The number of rotatable bonds is 9. The average Bonchev–Trinajstić information content (AvgIpc) is 2.52. The lowest BCUT2D eigenvalue weighted by Gasteiger charge is -2.11. The fourth-order valence-corrected chi connectivity index (χ4v) is 2.57. The maximum absolute atomic E-state index is 11.8. The molecule has 0 saturated carbocycles. The Bertz CT molecular complexity index is 481. The first-order valence-electron chi connectivity index (χ1n) is 6.81. The average molecular weight is 390 g/mol. The lowest BCUT2D eigenvalue weighted by Crippen LogP contribution is -2.32. The van der Waals surface area contributed by atoms with Crippen molar-refractivity contribution in [2.24, 2.45) is 0 Å². The van der Waals surface area contributed by atoms with Crippen LogP contribution in [0.25, 0.3) is 0 Å². The van der Waals surface area contributed by atoms with Gasteiger partial charge in [0.05, 0.1) is 11.9 Å². The van der Waals surface area contributed by atoms with Gasteiger partial charge in [0.25, 0.3) is 5.91 Å². The van der Waals surface area contributed by atoms with Crippen LogP contribution in [0.5, 0.6) is 0 Å². The SMILES string of the molecule is COCCNC(=O)COC(=O)[C@@H](C)SCc1ccc(Br)cc1. The molecule has 0 saturated heterocycles. The Morgan fingerprint density at radius 1 is 1.32 bits per heavy atom. The monoisotopic (exact) mass is 389 g/mol. The van der Waals surface area contributed by atoms with E-state index >= 15 is 0 Å². The number of methoxy groups -OCH3 is 1. The Hall–Kier alpha value is -1.05. The maximum Gasteiger partial charge on any atom is 0.319 e. The predicted molar refractivity (Wildman–Crippen MR) is 90.7 cm³/mol. The largest absolute Gasteiger partial charge is 0.455 e. The first-order chi connectivity index (χ1) is 10.5. The van der Waals surface area contributed by atoms with E-state index in [1.807, 2.05) is 24.3 Å². The summed E-state index contributed by atoms with van der Waals surface area (Å²) in [6, 6.07) is 7.92. The molecule has 122 valence electrons. The normalized spacial score (nSPS) is 11.8. The van der Waals surface area contributed by atoms with Crippen molar-refractivity contribution >= 4 is 39.6 Å². The van der Waals surface area contributed by atoms with Gasteiger partial charge in [-0.15, -0.1) is 11.8 Å². The van der Waals surface area contributed by atoms with Crippen LogP contribution in [0.3, 0.4) is 0 Å². The summed E-state index contributed by atoms with van der Waals surface area (Å²) in [5, 5.41) is 2.26. The molecule has 0 aliphatic heterocycles. The minimum Gasteiger partial charge on any atom is -0.455 e. The summed E-state index contributed by atoms with van der Waals surface area (Å²) >= 11 is 4.85. The van der Waals surface area contributed by atoms with Crippen LogP contribution in [0.2, 0.25) is 0 Å². The van der Waals surface area contributed by atoms with Gasteiger partial charge in [-0.25, -0.2) is 0 Å². The molecular weight excluding hydrogens is 370 g/mol. The van der Waals surface area contributed by atoms with Crippen LogP contribution < -0.4 is 5.32 Å². The molecule has 0 unspecified atom stereocenters. The molecular formula is C15H20BrNO4S. The van der Waals surface area contributed by atoms with Gasteiger partial charge in [-0.05, 0) is 24.6 Å². The van der Waals surface area contributed by atoms with E-state index in [0.717, 1.165) is 10.0 Å². The van der Waals surface area contributed by atoms with Crippen molar-refractivity contribution in [3.05, 3.63) is 34.3 Å². The number of halogens is 1. The van der Waals surface area contributed by atoms with Crippen molar-refractivity contribution in [1.82, 2.24) is 5.32 Å². The first-order valence-corrected chi connectivity index (χ1v) is 8.65. The number of esters is 1. The highest BCUT2D eigenvalue weighted by Crippen LogP contribution is 2.20. The molecule has 0 fully saturated rings. The first kappa shape index (κ1) is 19.0. The zero-order valence-electron chi connectivity index (χ0n) is 12.6. The summed E-state index contributed by atoms with van der Waals surface area (Å²) < 4.78 is 10.8. The van der Waals surface area contributed by atoms with Gasteiger partial charge in [0.2, 0.25) is 0 Å². The number of carbonyl (C=O) groups excluding carboxylic acids is 2. The molecule has 0 spiro atoms. The van der Waals surface area contributed by atoms with E-state index < -0.39 is 0 Å². The summed E-state index contributed by atoms with van der Waals surface area (Å²) in [4.78, 5) is 23.2. The molecule has 22 heavy (non-hydrogen) atoms. The summed E-state index contributed by atoms with van der Waals surface area (Å²) in [5.74, 6) is 0.00310. The molecule has 0 aromatic heterocycles. The van der Waals surface area contributed by atoms with E-state index in [4.69, 9.17) is 9.47 Å². The molecule has 1 N–H and O–H groups in total.